The van der Waals surface area contributed by atoms with Gasteiger partial charge >= 0.3 is 5.97 Å². The number of nitrogens with one attached hydrogen (secondary N) is 1. The number of aromatic nitrogens is 3. The van der Waals surface area contributed by atoms with E-state index in [0.29, 0.717) is 22.3 Å². The second kappa shape index (κ2) is 12.7. The van der Waals surface area contributed by atoms with E-state index in [2.05, 4.69) is 20.7 Å². The number of aryl methyl sites for hydroxylation is 1. The van der Waals surface area contributed by atoms with Gasteiger partial charge in [-0.05, 0) is 61.0 Å². The van der Waals surface area contributed by atoms with Crippen molar-refractivity contribution in [1.82, 2.24) is 20.2 Å². The summed E-state index contributed by atoms with van der Waals surface area (Å²) in [7, 11) is 0. The summed E-state index contributed by atoms with van der Waals surface area (Å²) in [6.45, 7) is 1.96. The van der Waals surface area contributed by atoms with Crippen LogP contribution in [0.3, 0.4) is 0 Å². The van der Waals surface area contributed by atoms with Gasteiger partial charge in [-0.3, -0.25) is 9.36 Å². The molecular weight excluding hydrogens is 522 g/mol. The maximum atomic E-state index is 12.5. The highest BCUT2D eigenvalue weighted by Gasteiger charge is 2.17. The number of ether oxygens (including phenoxy) is 1. The molecule has 0 saturated heterocycles. The molecule has 0 aliphatic carbocycles. The molecule has 0 fully saturated rings. The normalized spacial score (nSPS) is 10.9. The van der Waals surface area contributed by atoms with Gasteiger partial charge in [0.25, 0.3) is 5.91 Å². The molecule has 0 saturated carbocycles. The van der Waals surface area contributed by atoms with E-state index in [1.54, 1.807) is 36.4 Å². The van der Waals surface area contributed by atoms with E-state index in [9.17, 15) is 9.59 Å². The number of hydrogen-bond acceptors (Lipinski definition) is 7. The summed E-state index contributed by atoms with van der Waals surface area (Å²) in [4.78, 5) is 24.8. The van der Waals surface area contributed by atoms with Crippen molar-refractivity contribution in [1.29, 1.82) is 0 Å². The summed E-state index contributed by atoms with van der Waals surface area (Å²) < 4.78 is 7.35. The zero-order chi connectivity index (χ0) is 27.7. The first-order valence-electron chi connectivity index (χ1n) is 12.5. The fourth-order valence-corrected chi connectivity index (χ4v) is 4.51. The summed E-state index contributed by atoms with van der Waals surface area (Å²) in [6.07, 6.45) is 1.52. The van der Waals surface area contributed by atoms with Gasteiger partial charge in [0.2, 0.25) is 0 Å². The molecule has 0 unspecified atom stereocenters. The Kier molecular flexibility index (Phi) is 8.43. The first kappa shape index (κ1) is 26.6. The number of amides is 1. The Morgan fingerprint density at radius 3 is 2.25 bits per heavy atom. The molecule has 0 atom stereocenters. The monoisotopic (exact) mass is 547 g/mol. The van der Waals surface area contributed by atoms with Crippen LogP contribution in [0.4, 0.5) is 0 Å². The van der Waals surface area contributed by atoms with Crippen LogP contribution >= 0.6 is 11.8 Å². The molecule has 0 spiro atoms. The number of carbonyl (C=O) groups is 2. The molecule has 0 aliphatic rings. The zero-order valence-corrected chi connectivity index (χ0v) is 22.4. The van der Waals surface area contributed by atoms with Crippen LogP contribution in [0.5, 0.6) is 5.75 Å². The van der Waals surface area contributed by atoms with E-state index in [1.165, 1.54) is 18.0 Å². The fraction of sp³-hybridized carbons (Fsp3) is 0.0645. The lowest BCUT2D eigenvalue weighted by Crippen LogP contribution is -2.20. The summed E-state index contributed by atoms with van der Waals surface area (Å²) in [5.74, 6) is 0.505. The van der Waals surface area contributed by atoms with Crippen molar-refractivity contribution in [3.63, 3.8) is 0 Å². The first-order chi connectivity index (χ1) is 19.6. The van der Waals surface area contributed by atoms with Gasteiger partial charge in [-0.1, -0.05) is 78.0 Å². The predicted octanol–water partition coefficient (Wildman–Crippen LogP) is 5.70. The van der Waals surface area contributed by atoms with Crippen LogP contribution in [0.2, 0.25) is 0 Å². The third-order valence-corrected chi connectivity index (χ3v) is 6.72. The maximum absolute atomic E-state index is 12.5. The second-order valence-electron chi connectivity index (χ2n) is 8.75. The van der Waals surface area contributed by atoms with Crippen LogP contribution < -0.4 is 10.2 Å². The van der Waals surface area contributed by atoms with Gasteiger partial charge in [-0.25, -0.2) is 10.2 Å². The van der Waals surface area contributed by atoms with Gasteiger partial charge in [0.15, 0.2) is 11.0 Å². The second-order valence-corrected chi connectivity index (χ2v) is 9.69. The summed E-state index contributed by atoms with van der Waals surface area (Å²) in [5.41, 5.74) is 6.65. The van der Waals surface area contributed by atoms with E-state index < -0.39 is 5.97 Å². The van der Waals surface area contributed by atoms with Crippen LogP contribution in [0.15, 0.2) is 119 Å². The quantitative estimate of drug-likeness (QED) is 0.0835. The number of hydrazone groups is 1. The molecule has 5 aromatic rings. The van der Waals surface area contributed by atoms with Crippen molar-refractivity contribution >= 4 is 29.9 Å². The fourth-order valence-electron chi connectivity index (χ4n) is 3.77. The Morgan fingerprint density at radius 2 is 1.55 bits per heavy atom. The van der Waals surface area contributed by atoms with Crippen molar-refractivity contribution in [2.75, 3.05) is 5.75 Å². The van der Waals surface area contributed by atoms with E-state index in [-0.39, 0.29) is 11.7 Å². The molecule has 9 heteroatoms. The lowest BCUT2D eigenvalue weighted by Gasteiger charge is -2.10. The van der Waals surface area contributed by atoms with Crippen molar-refractivity contribution < 1.29 is 14.3 Å². The van der Waals surface area contributed by atoms with Gasteiger partial charge in [-0.15, -0.1) is 10.2 Å². The van der Waals surface area contributed by atoms with E-state index >= 15 is 0 Å². The van der Waals surface area contributed by atoms with Crippen molar-refractivity contribution in [3.8, 4) is 22.8 Å². The van der Waals surface area contributed by atoms with E-state index in [1.807, 2.05) is 84.3 Å². The third-order valence-electron chi connectivity index (χ3n) is 5.79. The van der Waals surface area contributed by atoms with Gasteiger partial charge < -0.3 is 4.74 Å². The maximum Gasteiger partial charge on any atom is 0.343 e. The molecule has 1 amide bonds. The molecule has 1 heterocycles. The Balaban J connectivity index is 1.17. The minimum Gasteiger partial charge on any atom is -0.423 e. The molecule has 5 rings (SSSR count). The Labute approximate surface area is 235 Å². The van der Waals surface area contributed by atoms with Gasteiger partial charge in [0.05, 0.1) is 17.5 Å². The van der Waals surface area contributed by atoms with E-state index in [0.717, 1.165) is 22.4 Å². The number of benzene rings is 4. The zero-order valence-electron chi connectivity index (χ0n) is 21.6. The Hall–Kier alpha value is -5.02. The first-order valence-corrected chi connectivity index (χ1v) is 13.5. The summed E-state index contributed by atoms with van der Waals surface area (Å²) in [5, 5.41) is 13.4. The number of nitrogens with zero attached hydrogens (tertiary/aromatic N) is 4. The van der Waals surface area contributed by atoms with Crippen LogP contribution in [-0.4, -0.2) is 38.6 Å². The summed E-state index contributed by atoms with van der Waals surface area (Å²) >= 11 is 1.27. The topological polar surface area (TPSA) is 98.5 Å². The minimum absolute atomic E-state index is 0.102. The molecule has 1 aromatic heterocycles. The SMILES string of the molecule is Cc1ccc(C(=O)Oc2ccc(C=NNC(=O)CSc3nnc(-c4ccccc4)n3-c3ccccc3)cc2)cc1. The Morgan fingerprint density at radius 1 is 0.875 bits per heavy atom. The van der Waals surface area contributed by atoms with Crippen LogP contribution in [-0.2, 0) is 4.79 Å². The molecule has 198 valence electrons. The molecule has 0 aliphatic heterocycles. The standard InChI is InChI=1S/C31H25N5O3S/c1-22-12-16-25(17-13-22)30(38)39-27-18-14-23(15-19-27)20-32-33-28(37)21-40-31-35-34-29(24-8-4-2-5-9-24)36(31)26-10-6-3-7-11-26/h2-20H,21H2,1H3,(H,33,37). The smallest absolute Gasteiger partial charge is 0.343 e. The number of para-hydroxylation sites is 1. The van der Waals surface area contributed by atoms with Gasteiger partial charge in [0.1, 0.15) is 5.75 Å². The van der Waals surface area contributed by atoms with Crippen molar-refractivity contribution in [2.24, 2.45) is 5.10 Å². The molecule has 8 nitrogen and oxygen atoms in total. The molecule has 0 bridgehead atoms. The highest BCUT2D eigenvalue weighted by atomic mass is 32.2. The highest BCUT2D eigenvalue weighted by molar-refractivity contribution is 7.99. The van der Waals surface area contributed by atoms with Crippen LogP contribution in [0.25, 0.3) is 17.1 Å². The lowest BCUT2D eigenvalue weighted by atomic mass is 10.1. The molecule has 0 radical (unpaired) electrons. The number of carbonyl (C=O) groups excluding carboxylic acids is 2. The average molecular weight is 548 g/mol. The number of hydrogen-bond donors (Lipinski definition) is 1. The molecular formula is C31H25N5O3S. The average Bonchev–Trinajstić information content (AvgIpc) is 3.42. The van der Waals surface area contributed by atoms with Gasteiger partial charge in [0, 0.05) is 11.3 Å². The lowest BCUT2D eigenvalue weighted by molar-refractivity contribution is -0.118. The summed E-state index contributed by atoms with van der Waals surface area (Å²) in [6, 6.07) is 33.6. The number of thioether (sulfide) groups is 1. The highest BCUT2D eigenvalue weighted by Crippen LogP contribution is 2.27. The van der Waals surface area contributed by atoms with Crippen LogP contribution in [0.1, 0.15) is 21.5 Å². The Bertz CT molecular complexity index is 1620. The third kappa shape index (κ3) is 6.69. The minimum atomic E-state index is -0.426. The predicted molar refractivity (Wildman–Crippen MR) is 156 cm³/mol. The van der Waals surface area contributed by atoms with Crippen molar-refractivity contribution in [3.05, 3.63) is 126 Å². The van der Waals surface area contributed by atoms with Crippen LogP contribution in [0, 0.1) is 6.92 Å². The van der Waals surface area contributed by atoms with Crippen molar-refractivity contribution in [2.45, 2.75) is 12.1 Å². The van der Waals surface area contributed by atoms with E-state index in [4.69, 9.17) is 4.74 Å². The number of esters is 1. The molecule has 4 aromatic carbocycles. The number of rotatable bonds is 9. The largest absolute Gasteiger partial charge is 0.423 e. The van der Waals surface area contributed by atoms with Gasteiger partial charge in [-0.2, -0.15) is 5.10 Å². The molecule has 40 heavy (non-hydrogen) atoms. The molecule has 1 N–H and O–H groups in total.